The fourth-order valence-corrected chi connectivity index (χ4v) is 3.20. The summed E-state index contributed by atoms with van der Waals surface area (Å²) < 4.78 is 0. The van der Waals surface area contributed by atoms with E-state index in [2.05, 4.69) is 6.92 Å². The van der Waals surface area contributed by atoms with Gasteiger partial charge in [-0.1, -0.05) is 13.3 Å². The first-order chi connectivity index (χ1) is 5.79. The Kier molecular flexibility index (Phi) is 2.20. The molecule has 0 amide bonds. The number of carbonyl (C=O) groups is 1. The summed E-state index contributed by atoms with van der Waals surface area (Å²) in [7, 11) is 0. The molecule has 2 saturated carbocycles. The summed E-state index contributed by atoms with van der Waals surface area (Å²) in [5, 5.41) is 0. The standard InChI is InChI=1S/C11H18O/c1-8(7-12)4-11-6-9-2-3-10(11)5-9/h7-11H,2-6H2,1H3. The van der Waals surface area contributed by atoms with Crippen LogP contribution in [-0.2, 0) is 4.79 Å². The summed E-state index contributed by atoms with van der Waals surface area (Å²) >= 11 is 0. The minimum absolute atomic E-state index is 0.300. The van der Waals surface area contributed by atoms with Gasteiger partial charge < -0.3 is 4.79 Å². The second-order valence-electron chi connectivity index (χ2n) is 4.78. The number of hydrogen-bond donors (Lipinski definition) is 0. The molecule has 0 aliphatic heterocycles. The minimum Gasteiger partial charge on any atom is -0.303 e. The Morgan fingerprint density at radius 3 is 2.75 bits per heavy atom. The molecule has 0 saturated heterocycles. The van der Waals surface area contributed by atoms with Crippen molar-refractivity contribution in [2.75, 3.05) is 0 Å². The minimum atomic E-state index is 0.300. The number of fused-ring (bicyclic) bond motifs is 2. The average Bonchev–Trinajstić information content (AvgIpc) is 2.64. The van der Waals surface area contributed by atoms with Crippen LogP contribution in [0, 0.1) is 23.7 Å². The van der Waals surface area contributed by atoms with Gasteiger partial charge in [-0.25, -0.2) is 0 Å². The molecule has 4 atom stereocenters. The normalized spacial score (nSPS) is 41.6. The van der Waals surface area contributed by atoms with Crippen LogP contribution >= 0.6 is 0 Å². The van der Waals surface area contributed by atoms with Crippen LogP contribution in [-0.4, -0.2) is 6.29 Å². The van der Waals surface area contributed by atoms with E-state index in [-0.39, 0.29) is 0 Å². The second kappa shape index (κ2) is 3.20. The van der Waals surface area contributed by atoms with Crippen molar-refractivity contribution < 1.29 is 4.79 Å². The van der Waals surface area contributed by atoms with Gasteiger partial charge in [0.2, 0.25) is 0 Å². The lowest BCUT2D eigenvalue weighted by atomic mass is 9.83. The zero-order valence-corrected chi connectivity index (χ0v) is 7.83. The summed E-state index contributed by atoms with van der Waals surface area (Å²) in [5.41, 5.74) is 0. The first-order valence-electron chi connectivity index (χ1n) is 5.25. The maximum atomic E-state index is 10.5. The molecule has 2 fully saturated rings. The molecule has 0 N–H and O–H groups in total. The van der Waals surface area contributed by atoms with E-state index in [1.54, 1.807) is 0 Å². The van der Waals surface area contributed by atoms with Gasteiger partial charge >= 0.3 is 0 Å². The van der Waals surface area contributed by atoms with E-state index >= 15 is 0 Å². The summed E-state index contributed by atoms with van der Waals surface area (Å²) in [5.74, 6) is 3.20. The molecule has 2 rings (SSSR count). The van der Waals surface area contributed by atoms with Crippen LogP contribution in [0.4, 0.5) is 0 Å². The Morgan fingerprint density at radius 2 is 2.25 bits per heavy atom. The van der Waals surface area contributed by atoms with Crippen LogP contribution in [0.15, 0.2) is 0 Å². The Morgan fingerprint density at radius 1 is 1.42 bits per heavy atom. The van der Waals surface area contributed by atoms with E-state index in [1.165, 1.54) is 25.7 Å². The molecule has 4 unspecified atom stereocenters. The fourth-order valence-electron chi connectivity index (χ4n) is 3.20. The van der Waals surface area contributed by atoms with Crippen LogP contribution in [0.3, 0.4) is 0 Å². The molecule has 0 radical (unpaired) electrons. The van der Waals surface area contributed by atoms with Gasteiger partial charge in [0, 0.05) is 5.92 Å². The van der Waals surface area contributed by atoms with Gasteiger partial charge in [-0.05, 0) is 43.4 Å². The predicted molar refractivity (Wildman–Crippen MR) is 48.8 cm³/mol. The van der Waals surface area contributed by atoms with Crippen LogP contribution in [0.1, 0.15) is 39.0 Å². The second-order valence-corrected chi connectivity index (χ2v) is 4.78. The van der Waals surface area contributed by atoms with E-state index in [0.29, 0.717) is 5.92 Å². The molecule has 0 aromatic heterocycles. The Balaban J connectivity index is 1.86. The van der Waals surface area contributed by atoms with Gasteiger partial charge in [0.15, 0.2) is 0 Å². The third kappa shape index (κ3) is 1.41. The van der Waals surface area contributed by atoms with Crippen molar-refractivity contribution in [1.82, 2.24) is 0 Å². The lowest BCUT2D eigenvalue weighted by molar-refractivity contribution is -0.111. The lowest BCUT2D eigenvalue weighted by Gasteiger charge is -2.22. The highest BCUT2D eigenvalue weighted by Crippen LogP contribution is 2.50. The highest BCUT2D eigenvalue weighted by atomic mass is 16.1. The molecular weight excluding hydrogens is 148 g/mol. The molecule has 0 heterocycles. The molecule has 2 aliphatic carbocycles. The molecule has 1 heteroatoms. The van der Waals surface area contributed by atoms with E-state index in [9.17, 15) is 4.79 Å². The van der Waals surface area contributed by atoms with Gasteiger partial charge in [0.25, 0.3) is 0 Å². The van der Waals surface area contributed by atoms with Gasteiger partial charge in [0.05, 0.1) is 0 Å². The van der Waals surface area contributed by atoms with Crippen LogP contribution < -0.4 is 0 Å². The molecular formula is C11H18O. The summed E-state index contributed by atoms with van der Waals surface area (Å²) in [6, 6.07) is 0. The maximum Gasteiger partial charge on any atom is 0.122 e. The summed E-state index contributed by atoms with van der Waals surface area (Å²) in [6.45, 7) is 2.05. The zero-order chi connectivity index (χ0) is 8.55. The molecule has 12 heavy (non-hydrogen) atoms. The number of rotatable bonds is 3. The smallest absolute Gasteiger partial charge is 0.122 e. The number of carbonyl (C=O) groups excluding carboxylic acids is 1. The SMILES string of the molecule is CC(C=O)CC1CC2CCC1C2. The fraction of sp³-hybridized carbons (Fsp3) is 0.909. The van der Waals surface area contributed by atoms with E-state index in [4.69, 9.17) is 0 Å². The van der Waals surface area contributed by atoms with Crippen LogP contribution in [0.5, 0.6) is 0 Å². The Labute approximate surface area is 74.5 Å². The van der Waals surface area contributed by atoms with Crippen LogP contribution in [0.25, 0.3) is 0 Å². The van der Waals surface area contributed by atoms with Crippen molar-refractivity contribution in [2.45, 2.75) is 39.0 Å². The van der Waals surface area contributed by atoms with Crippen molar-refractivity contribution in [3.63, 3.8) is 0 Å². The maximum absolute atomic E-state index is 10.5. The average molecular weight is 166 g/mol. The topological polar surface area (TPSA) is 17.1 Å². The van der Waals surface area contributed by atoms with Gasteiger partial charge in [0.1, 0.15) is 6.29 Å². The van der Waals surface area contributed by atoms with Crippen molar-refractivity contribution in [3.8, 4) is 0 Å². The van der Waals surface area contributed by atoms with Crippen molar-refractivity contribution in [1.29, 1.82) is 0 Å². The van der Waals surface area contributed by atoms with Gasteiger partial charge in [-0.15, -0.1) is 0 Å². The number of aldehydes is 1. The van der Waals surface area contributed by atoms with Crippen molar-refractivity contribution >= 4 is 6.29 Å². The third-order valence-electron chi connectivity index (χ3n) is 3.79. The van der Waals surface area contributed by atoms with Gasteiger partial charge in [-0.3, -0.25) is 0 Å². The van der Waals surface area contributed by atoms with E-state index < -0.39 is 0 Å². The first kappa shape index (κ1) is 8.28. The highest BCUT2D eigenvalue weighted by Gasteiger charge is 2.39. The molecule has 0 spiro atoms. The predicted octanol–water partition coefficient (Wildman–Crippen LogP) is 2.65. The third-order valence-corrected chi connectivity index (χ3v) is 3.79. The Hall–Kier alpha value is -0.330. The monoisotopic (exact) mass is 166 g/mol. The molecule has 0 aromatic carbocycles. The Bertz CT molecular complexity index is 176. The molecule has 2 aliphatic rings. The molecule has 0 aromatic rings. The van der Waals surface area contributed by atoms with Crippen LogP contribution in [0.2, 0.25) is 0 Å². The lowest BCUT2D eigenvalue weighted by Crippen LogP contribution is -2.14. The molecule has 68 valence electrons. The van der Waals surface area contributed by atoms with E-state index in [1.807, 2.05) is 0 Å². The quantitative estimate of drug-likeness (QED) is 0.589. The number of hydrogen-bond acceptors (Lipinski definition) is 1. The zero-order valence-electron chi connectivity index (χ0n) is 7.83. The van der Waals surface area contributed by atoms with Crippen molar-refractivity contribution in [3.05, 3.63) is 0 Å². The largest absolute Gasteiger partial charge is 0.303 e. The summed E-state index contributed by atoms with van der Waals surface area (Å²) in [6.07, 6.45) is 8.08. The van der Waals surface area contributed by atoms with E-state index in [0.717, 1.165) is 30.5 Å². The van der Waals surface area contributed by atoms with Gasteiger partial charge in [-0.2, -0.15) is 0 Å². The molecule has 2 bridgehead atoms. The molecule has 1 nitrogen and oxygen atoms in total. The first-order valence-corrected chi connectivity index (χ1v) is 5.25. The highest BCUT2D eigenvalue weighted by molar-refractivity contribution is 5.52. The summed E-state index contributed by atoms with van der Waals surface area (Å²) in [4.78, 5) is 10.5. The van der Waals surface area contributed by atoms with Crippen molar-refractivity contribution in [2.24, 2.45) is 23.7 Å².